The smallest absolute Gasteiger partial charge is 0.341 e. The van der Waals surface area contributed by atoms with E-state index in [1.165, 1.54) is 17.4 Å². The molecule has 0 radical (unpaired) electrons. The maximum absolute atomic E-state index is 12.9. The number of ether oxygens (including phenoxy) is 1. The molecule has 7 nitrogen and oxygen atoms in total. The number of nitriles is 1. The van der Waals surface area contributed by atoms with Gasteiger partial charge in [-0.3, -0.25) is 4.79 Å². The lowest BCUT2D eigenvalue weighted by Crippen LogP contribution is -2.16. The number of hydrogen-bond donors (Lipinski definition) is 1. The Balaban J connectivity index is 1.66. The van der Waals surface area contributed by atoms with Crippen molar-refractivity contribution in [3.63, 3.8) is 0 Å². The van der Waals surface area contributed by atoms with E-state index in [0.717, 1.165) is 21.4 Å². The van der Waals surface area contributed by atoms with Crippen LogP contribution < -0.4 is 5.32 Å². The summed E-state index contributed by atoms with van der Waals surface area (Å²) in [4.78, 5) is 26.2. The molecule has 0 bridgehead atoms. The molecule has 0 saturated heterocycles. The van der Waals surface area contributed by atoms with E-state index in [2.05, 4.69) is 10.5 Å². The van der Waals surface area contributed by atoms with E-state index in [0.29, 0.717) is 27.4 Å². The molecule has 170 valence electrons. The van der Waals surface area contributed by atoms with Crippen LogP contribution in [-0.4, -0.2) is 23.6 Å². The fraction of sp³-hybridized carbons (Fsp3) is 0.154. The molecule has 0 fully saturated rings. The van der Waals surface area contributed by atoms with E-state index in [1.54, 1.807) is 26.0 Å². The van der Waals surface area contributed by atoms with Crippen molar-refractivity contribution in [2.75, 3.05) is 11.9 Å². The SMILES string of the molecule is CCOC(=O)c1c(NC(=O)/C(C#N)=C/c2ccc3noc(-c4ccccc4)c3c2)sc(C)c1C. The van der Waals surface area contributed by atoms with Gasteiger partial charge in [0.1, 0.15) is 22.2 Å². The number of fused-ring (bicyclic) bond motifs is 1. The fourth-order valence-electron chi connectivity index (χ4n) is 3.50. The number of amides is 1. The monoisotopic (exact) mass is 471 g/mol. The van der Waals surface area contributed by atoms with Gasteiger partial charge in [0.2, 0.25) is 0 Å². The van der Waals surface area contributed by atoms with E-state index in [4.69, 9.17) is 9.26 Å². The molecule has 0 aliphatic rings. The summed E-state index contributed by atoms with van der Waals surface area (Å²) in [6.45, 7) is 5.60. The van der Waals surface area contributed by atoms with Crippen LogP contribution in [0.1, 0.15) is 33.3 Å². The van der Waals surface area contributed by atoms with Crippen LogP contribution in [0.5, 0.6) is 0 Å². The van der Waals surface area contributed by atoms with Gasteiger partial charge in [-0.2, -0.15) is 5.26 Å². The van der Waals surface area contributed by atoms with Crippen molar-refractivity contribution < 1.29 is 18.8 Å². The summed E-state index contributed by atoms with van der Waals surface area (Å²) in [5.41, 5.74) is 3.14. The lowest BCUT2D eigenvalue weighted by atomic mass is 10.0. The molecule has 0 unspecified atom stereocenters. The number of nitrogens with one attached hydrogen (secondary N) is 1. The highest BCUT2D eigenvalue weighted by molar-refractivity contribution is 7.16. The zero-order valence-corrected chi connectivity index (χ0v) is 19.7. The molecule has 1 amide bonds. The fourth-order valence-corrected chi connectivity index (χ4v) is 4.54. The van der Waals surface area contributed by atoms with Crippen molar-refractivity contribution in [3.05, 3.63) is 75.7 Å². The predicted molar refractivity (Wildman–Crippen MR) is 131 cm³/mol. The molecule has 2 heterocycles. The Labute approximate surface area is 200 Å². The van der Waals surface area contributed by atoms with Gasteiger partial charge in [-0.1, -0.05) is 41.6 Å². The van der Waals surface area contributed by atoms with E-state index in [9.17, 15) is 14.9 Å². The first-order chi connectivity index (χ1) is 16.4. The zero-order chi connectivity index (χ0) is 24.2. The highest BCUT2D eigenvalue weighted by Crippen LogP contribution is 2.34. The third-order valence-electron chi connectivity index (χ3n) is 5.30. The minimum absolute atomic E-state index is 0.101. The topological polar surface area (TPSA) is 105 Å². The van der Waals surface area contributed by atoms with Gasteiger partial charge in [0.05, 0.1) is 17.6 Å². The van der Waals surface area contributed by atoms with Crippen LogP contribution >= 0.6 is 11.3 Å². The highest BCUT2D eigenvalue weighted by atomic mass is 32.1. The molecular formula is C26H21N3O4S. The highest BCUT2D eigenvalue weighted by Gasteiger charge is 2.23. The molecule has 2 aromatic heterocycles. The molecule has 0 saturated carbocycles. The molecule has 0 aliphatic heterocycles. The molecule has 0 atom stereocenters. The van der Waals surface area contributed by atoms with E-state index in [-0.39, 0.29) is 12.2 Å². The van der Waals surface area contributed by atoms with Crippen molar-refractivity contribution in [3.8, 4) is 17.4 Å². The van der Waals surface area contributed by atoms with Crippen LogP contribution in [0.4, 0.5) is 5.00 Å². The van der Waals surface area contributed by atoms with Crippen molar-refractivity contribution in [1.82, 2.24) is 5.16 Å². The van der Waals surface area contributed by atoms with Gasteiger partial charge in [-0.15, -0.1) is 11.3 Å². The largest absolute Gasteiger partial charge is 0.462 e. The zero-order valence-electron chi connectivity index (χ0n) is 18.8. The first kappa shape index (κ1) is 23.0. The average molecular weight is 472 g/mol. The van der Waals surface area contributed by atoms with Gasteiger partial charge in [-0.05, 0) is 50.1 Å². The predicted octanol–water partition coefficient (Wildman–Crippen LogP) is 5.90. The molecule has 0 aliphatic carbocycles. The molecule has 0 spiro atoms. The van der Waals surface area contributed by atoms with Crippen molar-refractivity contribution in [1.29, 1.82) is 5.26 Å². The van der Waals surface area contributed by atoms with Crippen molar-refractivity contribution in [2.24, 2.45) is 0 Å². The minimum Gasteiger partial charge on any atom is -0.462 e. The maximum Gasteiger partial charge on any atom is 0.341 e. The summed E-state index contributed by atoms with van der Waals surface area (Å²) in [7, 11) is 0. The average Bonchev–Trinajstić information content (AvgIpc) is 3.38. The van der Waals surface area contributed by atoms with Crippen LogP contribution in [-0.2, 0) is 9.53 Å². The van der Waals surface area contributed by atoms with Gasteiger partial charge < -0.3 is 14.6 Å². The van der Waals surface area contributed by atoms with E-state index in [1.807, 2.05) is 49.4 Å². The standard InChI is InChI=1S/C26H21N3O4S/c1-4-32-26(31)22-15(2)16(3)34-25(22)28-24(30)19(14-27)12-17-10-11-21-20(13-17)23(33-29-21)18-8-6-5-7-9-18/h5-13H,4H2,1-3H3,(H,28,30)/b19-12+. The quantitative estimate of drug-likeness (QED) is 0.213. The number of benzene rings is 2. The van der Waals surface area contributed by atoms with Crippen LogP contribution in [0.3, 0.4) is 0 Å². The number of nitrogens with zero attached hydrogens (tertiary/aromatic N) is 2. The summed E-state index contributed by atoms with van der Waals surface area (Å²) in [6, 6.07) is 16.9. The lowest BCUT2D eigenvalue weighted by molar-refractivity contribution is -0.112. The number of aromatic nitrogens is 1. The second-order valence-electron chi connectivity index (χ2n) is 7.49. The van der Waals surface area contributed by atoms with Crippen molar-refractivity contribution >= 4 is 45.2 Å². The van der Waals surface area contributed by atoms with Gasteiger partial charge in [0.25, 0.3) is 5.91 Å². The minimum atomic E-state index is -0.608. The molecule has 4 aromatic rings. The molecular weight excluding hydrogens is 450 g/mol. The third-order valence-corrected chi connectivity index (χ3v) is 6.43. The summed E-state index contributed by atoms with van der Waals surface area (Å²) in [5.74, 6) is -0.506. The molecule has 2 aromatic carbocycles. The normalized spacial score (nSPS) is 11.3. The number of carbonyl (C=O) groups excluding carboxylic acids is 2. The Morgan fingerprint density at radius 3 is 2.68 bits per heavy atom. The summed E-state index contributed by atoms with van der Waals surface area (Å²) < 4.78 is 10.7. The number of carbonyl (C=O) groups is 2. The molecule has 1 N–H and O–H groups in total. The first-order valence-corrected chi connectivity index (χ1v) is 11.4. The third kappa shape index (κ3) is 4.47. The number of hydrogen-bond acceptors (Lipinski definition) is 7. The summed E-state index contributed by atoms with van der Waals surface area (Å²) in [5, 5.41) is 17.6. The van der Waals surface area contributed by atoms with Gasteiger partial charge in [0, 0.05) is 10.4 Å². The molecule has 34 heavy (non-hydrogen) atoms. The van der Waals surface area contributed by atoms with Crippen molar-refractivity contribution in [2.45, 2.75) is 20.8 Å². The van der Waals surface area contributed by atoms with Crippen LogP contribution in [0, 0.1) is 25.2 Å². The second kappa shape index (κ2) is 9.73. The van der Waals surface area contributed by atoms with Crippen LogP contribution in [0.2, 0.25) is 0 Å². The summed E-state index contributed by atoms with van der Waals surface area (Å²) >= 11 is 1.27. The molecule has 4 rings (SSSR count). The number of esters is 1. The second-order valence-corrected chi connectivity index (χ2v) is 8.71. The number of anilines is 1. The summed E-state index contributed by atoms with van der Waals surface area (Å²) in [6.07, 6.45) is 1.49. The number of aryl methyl sites for hydroxylation is 1. The first-order valence-electron chi connectivity index (χ1n) is 10.6. The Bertz CT molecular complexity index is 1460. The Morgan fingerprint density at radius 1 is 1.21 bits per heavy atom. The Hall–Kier alpha value is -4.22. The van der Waals surface area contributed by atoms with Gasteiger partial charge >= 0.3 is 5.97 Å². The number of rotatable bonds is 6. The van der Waals surface area contributed by atoms with Gasteiger partial charge in [-0.25, -0.2) is 4.79 Å². The van der Waals surface area contributed by atoms with E-state index >= 15 is 0 Å². The van der Waals surface area contributed by atoms with E-state index < -0.39 is 11.9 Å². The Kier molecular flexibility index (Phi) is 6.57. The Morgan fingerprint density at radius 2 is 1.97 bits per heavy atom. The number of thiophene rings is 1. The lowest BCUT2D eigenvalue weighted by Gasteiger charge is -2.07. The van der Waals surface area contributed by atoms with Gasteiger partial charge in [0.15, 0.2) is 5.76 Å². The molecule has 8 heteroatoms. The van der Waals surface area contributed by atoms with Crippen LogP contribution in [0.25, 0.3) is 28.3 Å². The van der Waals surface area contributed by atoms with Crippen LogP contribution in [0.15, 0.2) is 58.6 Å². The maximum atomic E-state index is 12.9.